The van der Waals surface area contributed by atoms with Crippen molar-refractivity contribution in [1.82, 2.24) is 14.6 Å². The third kappa shape index (κ3) is 1.58. The van der Waals surface area contributed by atoms with Gasteiger partial charge >= 0.3 is 5.97 Å². The van der Waals surface area contributed by atoms with Gasteiger partial charge in [0.15, 0.2) is 5.65 Å². The lowest BCUT2D eigenvalue weighted by Crippen LogP contribution is -2.03. The first-order valence-corrected chi connectivity index (χ1v) is 5.63. The second-order valence-electron chi connectivity index (χ2n) is 4.52. The monoisotopic (exact) mass is 231 g/mol. The Morgan fingerprint density at radius 3 is 2.88 bits per heavy atom. The molecule has 1 saturated carbocycles. The molecule has 88 valence electrons. The van der Waals surface area contributed by atoms with Crippen LogP contribution in [0.15, 0.2) is 18.3 Å². The first-order chi connectivity index (χ1) is 8.20. The number of carbonyl (C=O) groups is 1. The molecule has 0 radical (unpaired) electrons. The van der Waals surface area contributed by atoms with E-state index in [0.717, 1.165) is 17.9 Å². The van der Waals surface area contributed by atoms with Crippen LogP contribution >= 0.6 is 0 Å². The molecular formula is C12H13N3O2. The highest BCUT2D eigenvalue weighted by Crippen LogP contribution is 2.45. The number of fused-ring (bicyclic) bond motifs is 1. The average molecular weight is 231 g/mol. The van der Waals surface area contributed by atoms with Crippen LogP contribution in [0.4, 0.5) is 0 Å². The third-order valence-corrected chi connectivity index (χ3v) is 3.29. The van der Waals surface area contributed by atoms with E-state index in [1.165, 1.54) is 7.11 Å². The summed E-state index contributed by atoms with van der Waals surface area (Å²) in [7, 11) is 1.38. The van der Waals surface area contributed by atoms with Crippen LogP contribution in [-0.2, 0) is 4.74 Å². The third-order valence-electron chi connectivity index (χ3n) is 3.29. The predicted octanol–water partition coefficient (Wildman–Crippen LogP) is 1.64. The van der Waals surface area contributed by atoms with Crippen molar-refractivity contribution in [3.63, 3.8) is 0 Å². The van der Waals surface area contributed by atoms with Crippen molar-refractivity contribution >= 4 is 11.6 Å². The number of ether oxygens (including phenoxy) is 1. The molecule has 2 aromatic heterocycles. The van der Waals surface area contributed by atoms with Crippen LogP contribution in [0.2, 0.25) is 0 Å². The Morgan fingerprint density at radius 2 is 2.24 bits per heavy atom. The number of esters is 1. The van der Waals surface area contributed by atoms with E-state index < -0.39 is 0 Å². The Bertz CT molecular complexity index is 590. The van der Waals surface area contributed by atoms with Crippen LogP contribution in [0.25, 0.3) is 5.65 Å². The summed E-state index contributed by atoms with van der Waals surface area (Å²) in [6.45, 7) is 2.19. The molecule has 17 heavy (non-hydrogen) atoms. The Morgan fingerprint density at radius 1 is 1.47 bits per heavy atom. The van der Waals surface area contributed by atoms with Gasteiger partial charge in [-0.3, -0.25) is 4.40 Å². The predicted molar refractivity (Wildman–Crippen MR) is 60.8 cm³/mol. The van der Waals surface area contributed by atoms with Crippen LogP contribution in [0, 0.1) is 5.92 Å². The number of rotatable bonds is 2. The molecule has 0 amide bonds. The van der Waals surface area contributed by atoms with E-state index in [2.05, 4.69) is 17.1 Å². The zero-order valence-electron chi connectivity index (χ0n) is 9.75. The summed E-state index contributed by atoms with van der Waals surface area (Å²) in [6, 6.07) is 3.49. The van der Waals surface area contributed by atoms with Gasteiger partial charge in [0.1, 0.15) is 5.82 Å². The Kier molecular flexibility index (Phi) is 2.14. The lowest BCUT2D eigenvalue weighted by Gasteiger charge is -2.01. The second-order valence-corrected chi connectivity index (χ2v) is 4.52. The van der Waals surface area contributed by atoms with E-state index in [4.69, 9.17) is 4.74 Å². The summed E-state index contributed by atoms with van der Waals surface area (Å²) < 4.78 is 6.60. The number of methoxy groups -OCH3 is 1. The molecule has 2 aromatic rings. The minimum absolute atomic E-state index is 0.338. The molecule has 0 spiro atoms. The van der Waals surface area contributed by atoms with Gasteiger partial charge in [-0.2, -0.15) is 0 Å². The van der Waals surface area contributed by atoms with Gasteiger partial charge in [0, 0.05) is 12.1 Å². The van der Waals surface area contributed by atoms with Crippen molar-refractivity contribution in [2.24, 2.45) is 5.92 Å². The normalized spacial score (nSPS) is 22.7. The molecule has 2 unspecified atom stereocenters. The fraction of sp³-hybridized carbons (Fsp3) is 0.417. The fourth-order valence-corrected chi connectivity index (χ4v) is 2.08. The maximum absolute atomic E-state index is 11.5. The molecule has 2 heterocycles. The highest BCUT2D eigenvalue weighted by atomic mass is 16.5. The number of hydrogen-bond acceptors (Lipinski definition) is 4. The highest BCUT2D eigenvalue weighted by Gasteiger charge is 2.37. The summed E-state index contributed by atoms with van der Waals surface area (Å²) >= 11 is 0. The van der Waals surface area contributed by atoms with Gasteiger partial charge in [-0.1, -0.05) is 6.92 Å². The van der Waals surface area contributed by atoms with Crippen LogP contribution in [0.3, 0.4) is 0 Å². The zero-order valence-corrected chi connectivity index (χ0v) is 9.75. The minimum Gasteiger partial charge on any atom is -0.465 e. The molecule has 3 rings (SSSR count). The molecule has 0 aromatic carbocycles. The second kappa shape index (κ2) is 3.55. The van der Waals surface area contributed by atoms with E-state index >= 15 is 0 Å². The maximum Gasteiger partial charge on any atom is 0.339 e. The molecule has 2 atom stereocenters. The van der Waals surface area contributed by atoms with Crippen molar-refractivity contribution in [1.29, 1.82) is 0 Å². The molecule has 5 heteroatoms. The lowest BCUT2D eigenvalue weighted by molar-refractivity contribution is 0.0600. The molecule has 1 fully saturated rings. The molecule has 1 aliphatic rings. The Labute approximate surface area is 98.4 Å². The average Bonchev–Trinajstić information content (AvgIpc) is 2.92. The van der Waals surface area contributed by atoms with Crippen molar-refractivity contribution in [3.8, 4) is 0 Å². The largest absolute Gasteiger partial charge is 0.465 e. The van der Waals surface area contributed by atoms with Gasteiger partial charge in [-0.05, 0) is 24.5 Å². The Hall–Kier alpha value is -1.91. The van der Waals surface area contributed by atoms with E-state index in [-0.39, 0.29) is 5.97 Å². The molecule has 5 nitrogen and oxygen atoms in total. The van der Waals surface area contributed by atoms with Crippen molar-refractivity contribution in [2.45, 2.75) is 19.3 Å². The first kappa shape index (κ1) is 10.3. The fourth-order valence-electron chi connectivity index (χ4n) is 2.08. The quantitative estimate of drug-likeness (QED) is 0.737. The van der Waals surface area contributed by atoms with Crippen LogP contribution in [-0.4, -0.2) is 27.7 Å². The van der Waals surface area contributed by atoms with Crippen molar-refractivity contribution < 1.29 is 9.53 Å². The van der Waals surface area contributed by atoms with Gasteiger partial charge in [0.05, 0.1) is 12.7 Å². The molecule has 1 aliphatic carbocycles. The van der Waals surface area contributed by atoms with Gasteiger partial charge < -0.3 is 4.74 Å². The van der Waals surface area contributed by atoms with E-state index in [9.17, 15) is 4.79 Å². The zero-order chi connectivity index (χ0) is 12.0. The highest BCUT2D eigenvalue weighted by molar-refractivity contribution is 5.89. The maximum atomic E-state index is 11.5. The van der Waals surface area contributed by atoms with Crippen LogP contribution in [0.1, 0.15) is 35.4 Å². The SMILES string of the molecule is COC(=O)c1ccc2nnc(C3CC3C)n2c1. The number of aromatic nitrogens is 3. The lowest BCUT2D eigenvalue weighted by atomic mass is 10.2. The number of nitrogens with zero attached hydrogens (tertiary/aromatic N) is 3. The van der Waals surface area contributed by atoms with Gasteiger partial charge in [0.2, 0.25) is 0 Å². The van der Waals surface area contributed by atoms with Crippen LogP contribution in [0.5, 0.6) is 0 Å². The van der Waals surface area contributed by atoms with E-state index in [1.807, 2.05) is 4.40 Å². The van der Waals surface area contributed by atoms with Crippen LogP contribution < -0.4 is 0 Å². The van der Waals surface area contributed by atoms with Gasteiger partial charge in [0.25, 0.3) is 0 Å². The number of carbonyl (C=O) groups excluding carboxylic acids is 1. The summed E-state index contributed by atoms with van der Waals surface area (Å²) in [4.78, 5) is 11.5. The number of pyridine rings is 1. The minimum atomic E-state index is -0.338. The first-order valence-electron chi connectivity index (χ1n) is 5.63. The molecular weight excluding hydrogens is 218 g/mol. The van der Waals surface area contributed by atoms with Crippen molar-refractivity contribution in [2.75, 3.05) is 7.11 Å². The molecule has 0 N–H and O–H groups in total. The summed E-state index contributed by atoms with van der Waals surface area (Å²) in [6.07, 6.45) is 2.89. The molecule has 0 saturated heterocycles. The summed E-state index contributed by atoms with van der Waals surface area (Å²) in [5, 5.41) is 8.30. The van der Waals surface area contributed by atoms with E-state index in [0.29, 0.717) is 17.4 Å². The topological polar surface area (TPSA) is 56.5 Å². The van der Waals surface area contributed by atoms with Gasteiger partial charge in [-0.25, -0.2) is 4.79 Å². The Balaban J connectivity index is 2.10. The summed E-state index contributed by atoms with van der Waals surface area (Å²) in [5.74, 6) is 1.73. The molecule has 0 aliphatic heterocycles. The van der Waals surface area contributed by atoms with E-state index in [1.54, 1.807) is 18.3 Å². The van der Waals surface area contributed by atoms with Gasteiger partial charge in [-0.15, -0.1) is 10.2 Å². The van der Waals surface area contributed by atoms with Crippen molar-refractivity contribution in [3.05, 3.63) is 29.7 Å². The smallest absolute Gasteiger partial charge is 0.339 e. The summed E-state index contributed by atoms with van der Waals surface area (Å²) in [5.41, 5.74) is 1.29. The standard InChI is InChI=1S/C12H13N3O2/c1-7-5-9(7)11-14-13-10-4-3-8(6-15(10)11)12(16)17-2/h3-4,6-7,9H,5H2,1-2H3. The molecule has 0 bridgehead atoms. The number of hydrogen-bond donors (Lipinski definition) is 0.